The van der Waals surface area contributed by atoms with Crippen molar-refractivity contribution in [2.24, 2.45) is 0 Å². The summed E-state index contributed by atoms with van der Waals surface area (Å²) in [5.41, 5.74) is 0.768. The van der Waals surface area contributed by atoms with Crippen LogP contribution in [0.2, 0.25) is 0 Å². The predicted octanol–water partition coefficient (Wildman–Crippen LogP) is 1.34. The van der Waals surface area contributed by atoms with Crippen LogP contribution in [0.5, 0.6) is 0 Å². The Morgan fingerprint density at radius 1 is 1.27 bits per heavy atom. The first-order chi connectivity index (χ1) is 10.3. The Bertz CT molecular complexity index is 721. The molecule has 8 heteroatoms. The fourth-order valence-electron chi connectivity index (χ4n) is 1.95. The molecule has 0 fully saturated rings. The van der Waals surface area contributed by atoms with Crippen molar-refractivity contribution in [3.05, 3.63) is 36.1 Å². The Kier molecular flexibility index (Phi) is 5.04. The van der Waals surface area contributed by atoms with Gasteiger partial charge in [0.15, 0.2) is 0 Å². The van der Waals surface area contributed by atoms with Gasteiger partial charge in [0.2, 0.25) is 10.0 Å². The van der Waals surface area contributed by atoms with Gasteiger partial charge in [0.25, 0.3) is 0 Å². The summed E-state index contributed by atoms with van der Waals surface area (Å²) in [5.74, 6) is 0.658. The minimum Gasteiger partial charge on any atom is -0.459 e. The molecule has 1 aromatic carbocycles. The van der Waals surface area contributed by atoms with Crippen molar-refractivity contribution in [1.82, 2.24) is 15.4 Å². The van der Waals surface area contributed by atoms with E-state index in [1.54, 1.807) is 0 Å². The van der Waals surface area contributed by atoms with Crippen molar-refractivity contribution < 1.29 is 17.6 Å². The Morgan fingerprint density at radius 3 is 2.68 bits per heavy atom. The van der Waals surface area contributed by atoms with Gasteiger partial charge in [-0.05, 0) is 19.1 Å². The van der Waals surface area contributed by atoms with Crippen molar-refractivity contribution in [3.63, 3.8) is 0 Å². The highest BCUT2D eigenvalue weighted by molar-refractivity contribution is 7.88. The van der Waals surface area contributed by atoms with E-state index in [0.29, 0.717) is 5.76 Å². The van der Waals surface area contributed by atoms with Crippen molar-refractivity contribution in [2.45, 2.75) is 13.0 Å². The number of carbonyl (C=O) groups is 1. The Labute approximate surface area is 129 Å². The van der Waals surface area contributed by atoms with Gasteiger partial charge in [0.1, 0.15) is 11.3 Å². The van der Waals surface area contributed by atoms with Gasteiger partial charge in [-0.1, -0.05) is 18.2 Å². The first-order valence-electron chi connectivity index (χ1n) is 6.82. The van der Waals surface area contributed by atoms with E-state index in [1.165, 1.54) is 0 Å². The lowest BCUT2D eigenvalue weighted by atomic mass is 10.2. The molecule has 0 unspecified atom stereocenters. The fourth-order valence-corrected chi connectivity index (χ4v) is 2.42. The third-order valence-electron chi connectivity index (χ3n) is 2.99. The smallest absolute Gasteiger partial charge is 0.315 e. The molecule has 0 spiro atoms. The van der Waals surface area contributed by atoms with Crippen LogP contribution in [0.3, 0.4) is 0 Å². The van der Waals surface area contributed by atoms with Gasteiger partial charge in [-0.2, -0.15) is 0 Å². The topological polar surface area (TPSA) is 100 Å². The third-order valence-corrected chi connectivity index (χ3v) is 3.72. The fraction of sp³-hybridized carbons (Fsp3) is 0.357. The number of urea groups is 1. The average Bonchev–Trinajstić information content (AvgIpc) is 2.86. The maximum Gasteiger partial charge on any atom is 0.315 e. The van der Waals surface area contributed by atoms with Crippen LogP contribution in [0.4, 0.5) is 4.79 Å². The van der Waals surface area contributed by atoms with Crippen LogP contribution in [0, 0.1) is 0 Å². The second-order valence-corrected chi connectivity index (χ2v) is 6.81. The molecule has 1 heterocycles. The number of para-hydroxylation sites is 1. The molecule has 0 saturated heterocycles. The maximum atomic E-state index is 11.7. The maximum absolute atomic E-state index is 11.7. The van der Waals surface area contributed by atoms with E-state index < -0.39 is 10.0 Å². The number of hydrogen-bond donors (Lipinski definition) is 3. The molecule has 2 aromatic rings. The Balaban J connectivity index is 1.83. The minimum atomic E-state index is -3.24. The number of amides is 2. The summed E-state index contributed by atoms with van der Waals surface area (Å²) in [4.78, 5) is 11.7. The molecule has 0 radical (unpaired) electrons. The molecule has 120 valence electrons. The average molecular weight is 325 g/mol. The van der Waals surface area contributed by atoms with Crippen molar-refractivity contribution in [3.8, 4) is 0 Å². The van der Waals surface area contributed by atoms with Crippen molar-refractivity contribution in [1.29, 1.82) is 0 Å². The zero-order chi connectivity index (χ0) is 16.2. The molecule has 2 amide bonds. The molecule has 0 aliphatic carbocycles. The number of nitrogens with one attached hydrogen (secondary N) is 3. The standard InChI is InChI=1S/C14H19N3O4S/c1-10(13-9-11-5-3-4-6-12(11)21-13)17-14(18)15-7-8-16-22(2,19)20/h3-6,9-10,16H,7-8H2,1-2H3,(H2,15,17,18)/t10-/m0/s1. The monoisotopic (exact) mass is 325 g/mol. The number of hydrogen-bond acceptors (Lipinski definition) is 4. The summed E-state index contributed by atoms with van der Waals surface area (Å²) in [6.07, 6.45) is 1.07. The molecule has 1 atom stereocenters. The lowest BCUT2D eigenvalue weighted by Crippen LogP contribution is -2.40. The summed E-state index contributed by atoms with van der Waals surface area (Å²) in [6.45, 7) is 2.16. The molecule has 22 heavy (non-hydrogen) atoms. The first kappa shape index (κ1) is 16.3. The summed E-state index contributed by atoms with van der Waals surface area (Å²) in [5, 5.41) is 6.28. The quantitative estimate of drug-likeness (QED) is 0.698. The van der Waals surface area contributed by atoms with Gasteiger partial charge < -0.3 is 15.1 Å². The summed E-state index contributed by atoms with van der Waals surface area (Å²) in [6, 6.07) is 8.80. The molecule has 0 saturated carbocycles. The SMILES string of the molecule is C[C@H](NC(=O)NCCNS(C)(=O)=O)c1cc2ccccc2o1. The zero-order valence-electron chi connectivity index (χ0n) is 12.4. The highest BCUT2D eigenvalue weighted by atomic mass is 32.2. The molecule has 3 N–H and O–H groups in total. The van der Waals surface area contributed by atoms with E-state index in [2.05, 4.69) is 15.4 Å². The van der Waals surface area contributed by atoms with Gasteiger partial charge in [-0.3, -0.25) is 0 Å². The highest BCUT2D eigenvalue weighted by Crippen LogP contribution is 2.23. The summed E-state index contributed by atoms with van der Waals surface area (Å²) in [7, 11) is -3.24. The van der Waals surface area contributed by atoms with E-state index in [1.807, 2.05) is 37.3 Å². The predicted molar refractivity (Wildman–Crippen MR) is 84.0 cm³/mol. The largest absolute Gasteiger partial charge is 0.459 e. The number of sulfonamides is 1. The van der Waals surface area contributed by atoms with E-state index in [9.17, 15) is 13.2 Å². The van der Waals surface area contributed by atoms with Gasteiger partial charge >= 0.3 is 6.03 Å². The molecule has 0 aliphatic heterocycles. The van der Waals surface area contributed by atoms with Crippen LogP contribution in [0.25, 0.3) is 11.0 Å². The van der Waals surface area contributed by atoms with Gasteiger partial charge in [-0.15, -0.1) is 0 Å². The number of rotatable bonds is 6. The summed E-state index contributed by atoms with van der Waals surface area (Å²) < 4.78 is 29.7. The molecule has 0 aliphatic rings. The number of benzene rings is 1. The van der Waals surface area contributed by atoms with Crippen LogP contribution in [-0.4, -0.2) is 33.8 Å². The Hall–Kier alpha value is -2.06. The van der Waals surface area contributed by atoms with Crippen LogP contribution in [0.1, 0.15) is 18.7 Å². The lowest BCUT2D eigenvalue weighted by molar-refractivity contribution is 0.236. The number of fused-ring (bicyclic) bond motifs is 1. The van der Waals surface area contributed by atoms with Crippen LogP contribution >= 0.6 is 0 Å². The number of furan rings is 1. The molecular weight excluding hydrogens is 306 g/mol. The van der Waals surface area contributed by atoms with Crippen LogP contribution in [0.15, 0.2) is 34.7 Å². The number of carbonyl (C=O) groups excluding carboxylic acids is 1. The minimum absolute atomic E-state index is 0.144. The Morgan fingerprint density at radius 2 is 2.00 bits per heavy atom. The first-order valence-corrected chi connectivity index (χ1v) is 8.72. The van der Waals surface area contributed by atoms with Gasteiger partial charge in [0, 0.05) is 18.5 Å². The van der Waals surface area contributed by atoms with E-state index in [0.717, 1.165) is 17.2 Å². The van der Waals surface area contributed by atoms with Gasteiger partial charge in [-0.25, -0.2) is 17.9 Å². The van der Waals surface area contributed by atoms with E-state index in [4.69, 9.17) is 4.42 Å². The second kappa shape index (κ2) is 6.80. The summed E-state index contributed by atoms with van der Waals surface area (Å²) >= 11 is 0. The third kappa shape index (κ3) is 4.74. The lowest BCUT2D eigenvalue weighted by Gasteiger charge is -2.12. The normalized spacial score (nSPS) is 13.0. The molecule has 2 rings (SSSR count). The van der Waals surface area contributed by atoms with Gasteiger partial charge in [0.05, 0.1) is 12.3 Å². The molecule has 1 aromatic heterocycles. The highest BCUT2D eigenvalue weighted by Gasteiger charge is 2.13. The molecular formula is C14H19N3O4S. The van der Waals surface area contributed by atoms with Crippen molar-refractivity contribution in [2.75, 3.05) is 19.3 Å². The van der Waals surface area contributed by atoms with E-state index in [-0.39, 0.29) is 25.2 Å². The molecule has 0 bridgehead atoms. The van der Waals surface area contributed by atoms with E-state index >= 15 is 0 Å². The second-order valence-electron chi connectivity index (χ2n) is 4.98. The van der Waals surface area contributed by atoms with Crippen LogP contribution < -0.4 is 15.4 Å². The molecule has 7 nitrogen and oxygen atoms in total. The van der Waals surface area contributed by atoms with Crippen molar-refractivity contribution >= 4 is 27.0 Å². The zero-order valence-corrected chi connectivity index (χ0v) is 13.2. The van der Waals surface area contributed by atoms with Crippen LogP contribution in [-0.2, 0) is 10.0 Å².